The van der Waals surface area contributed by atoms with Gasteiger partial charge in [0.05, 0.1) is 5.56 Å². The summed E-state index contributed by atoms with van der Waals surface area (Å²) in [6.07, 6.45) is 5.11. The number of aldehydes is 1. The highest BCUT2D eigenvalue weighted by Crippen LogP contribution is 2.29. The minimum atomic E-state index is -0.513. The second-order valence-corrected chi connectivity index (χ2v) is 4.69. The van der Waals surface area contributed by atoms with Crippen LogP contribution in [0, 0.1) is 11.7 Å². The summed E-state index contributed by atoms with van der Waals surface area (Å²) in [7, 11) is 0. The van der Waals surface area contributed by atoms with Crippen LogP contribution in [0.2, 0.25) is 0 Å². The fraction of sp³-hybridized carbons (Fsp3) is 0.500. The average molecular weight is 236 g/mol. The molecular weight excluding hydrogens is 219 g/mol. The first-order chi connectivity index (χ1) is 8.22. The van der Waals surface area contributed by atoms with E-state index in [4.69, 9.17) is 4.74 Å². The third-order valence-electron chi connectivity index (χ3n) is 3.44. The SMILES string of the molecule is CC1CCCCC1Oc1cccc(F)c1C=O. The van der Waals surface area contributed by atoms with Crippen LogP contribution >= 0.6 is 0 Å². The molecule has 1 aromatic carbocycles. The van der Waals surface area contributed by atoms with Crippen LogP contribution in [-0.2, 0) is 0 Å². The van der Waals surface area contributed by atoms with Crippen molar-refractivity contribution < 1.29 is 13.9 Å². The van der Waals surface area contributed by atoms with Gasteiger partial charge in [-0.1, -0.05) is 19.4 Å². The molecule has 0 bridgehead atoms. The number of carbonyl (C=O) groups is 1. The maximum atomic E-state index is 13.4. The van der Waals surface area contributed by atoms with Gasteiger partial charge in [0.15, 0.2) is 6.29 Å². The summed E-state index contributed by atoms with van der Waals surface area (Å²) >= 11 is 0. The lowest BCUT2D eigenvalue weighted by molar-refractivity contribution is 0.0980. The van der Waals surface area contributed by atoms with Crippen molar-refractivity contribution in [3.8, 4) is 5.75 Å². The van der Waals surface area contributed by atoms with E-state index in [0.717, 1.165) is 19.3 Å². The molecule has 1 aromatic rings. The highest BCUT2D eigenvalue weighted by Gasteiger charge is 2.24. The second-order valence-electron chi connectivity index (χ2n) is 4.69. The van der Waals surface area contributed by atoms with Crippen LogP contribution in [0.15, 0.2) is 18.2 Å². The molecule has 2 rings (SSSR count). The highest BCUT2D eigenvalue weighted by molar-refractivity contribution is 5.79. The molecule has 2 unspecified atom stereocenters. The maximum absolute atomic E-state index is 13.4. The first kappa shape index (κ1) is 12.1. The molecule has 0 aliphatic heterocycles. The van der Waals surface area contributed by atoms with Crippen LogP contribution in [0.5, 0.6) is 5.75 Å². The third-order valence-corrected chi connectivity index (χ3v) is 3.44. The number of halogens is 1. The summed E-state index contributed by atoms with van der Waals surface area (Å²) in [5, 5.41) is 0. The number of benzene rings is 1. The van der Waals surface area contributed by atoms with Crippen molar-refractivity contribution in [1.29, 1.82) is 0 Å². The van der Waals surface area contributed by atoms with Crippen LogP contribution in [0.1, 0.15) is 43.0 Å². The normalized spacial score (nSPS) is 24.4. The molecule has 0 N–H and O–H groups in total. The molecule has 0 radical (unpaired) electrons. The molecule has 0 amide bonds. The van der Waals surface area contributed by atoms with Crippen LogP contribution in [-0.4, -0.2) is 12.4 Å². The Kier molecular flexibility index (Phi) is 3.77. The van der Waals surface area contributed by atoms with E-state index in [2.05, 4.69) is 6.92 Å². The minimum absolute atomic E-state index is 0.0327. The Labute approximate surface area is 101 Å². The van der Waals surface area contributed by atoms with E-state index in [0.29, 0.717) is 18.0 Å². The molecule has 0 saturated heterocycles. The van der Waals surface area contributed by atoms with Gasteiger partial charge < -0.3 is 4.74 Å². The van der Waals surface area contributed by atoms with E-state index in [1.165, 1.54) is 12.5 Å². The van der Waals surface area contributed by atoms with Crippen molar-refractivity contribution in [2.45, 2.75) is 38.7 Å². The molecule has 1 aliphatic rings. The van der Waals surface area contributed by atoms with Crippen LogP contribution in [0.4, 0.5) is 4.39 Å². The monoisotopic (exact) mass is 236 g/mol. The molecule has 0 aromatic heterocycles. The van der Waals surface area contributed by atoms with Gasteiger partial charge in [-0.2, -0.15) is 0 Å². The van der Waals surface area contributed by atoms with Crippen molar-refractivity contribution >= 4 is 6.29 Å². The van der Waals surface area contributed by atoms with E-state index >= 15 is 0 Å². The highest BCUT2D eigenvalue weighted by atomic mass is 19.1. The summed E-state index contributed by atoms with van der Waals surface area (Å²) in [5.74, 6) is 0.325. The lowest BCUT2D eigenvalue weighted by Gasteiger charge is -2.29. The smallest absolute Gasteiger partial charge is 0.156 e. The van der Waals surface area contributed by atoms with Crippen LogP contribution in [0.3, 0.4) is 0 Å². The molecule has 0 spiro atoms. The molecule has 2 nitrogen and oxygen atoms in total. The fourth-order valence-corrected chi connectivity index (χ4v) is 2.35. The fourth-order valence-electron chi connectivity index (χ4n) is 2.35. The zero-order valence-corrected chi connectivity index (χ0v) is 9.99. The quantitative estimate of drug-likeness (QED) is 0.749. The number of ether oxygens (including phenoxy) is 1. The predicted molar refractivity (Wildman–Crippen MR) is 63.8 cm³/mol. The van der Waals surface area contributed by atoms with Crippen molar-refractivity contribution in [3.63, 3.8) is 0 Å². The molecular formula is C14H17FO2. The number of rotatable bonds is 3. The van der Waals surface area contributed by atoms with E-state index in [1.54, 1.807) is 12.1 Å². The van der Waals surface area contributed by atoms with E-state index in [1.807, 2.05) is 0 Å². The van der Waals surface area contributed by atoms with Crippen molar-refractivity contribution in [2.75, 3.05) is 0 Å². The number of hydrogen-bond donors (Lipinski definition) is 0. The molecule has 1 aliphatic carbocycles. The Morgan fingerprint density at radius 2 is 2.12 bits per heavy atom. The van der Waals surface area contributed by atoms with Gasteiger partial charge in [-0.15, -0.1) is 0 Å². The van der Waals surface area contributed by atoms with Crippen molar-refractivity contribution in [3.05, 3.63) is 29.6 Å². The topological polar surface area (TPSA) is 26.3 Å². The van der Waals surface area contributed by atoms with Gasteiger partial charge in [0.2, 0.25) is 0 Å². The van der Waals surface area contributed by atoms with E-state index < -0.39 is 5.82 Å². The second kappa shape index (κ2) is 5.30. The van der Waals surface area contributed by atoms with Crippen molar-refractivity contribution in [1.82, 2.24) is 0 Å². The molecule has 3 heteroatoms. The Morgan fingerprint density at radius 1 is 1.35 bits per heavy atom. The lowest BCUT2D eigenvalue weighted by Crippen LogP contribution is -2.28. The third kappa shape index (κ3) is 2.65. The average Bonchev–Trinajstić information content (AvgIpc) is 2.32. The molecule has 1 fully saturated rings. The lowest BCUT2D eigenvalue weighted by atomic mass is 9.88. The first-order valence-corrected chi connectivity index (χ1v) is 6.12. The Balaban J connectivity index is 2.17. The van der Waals surface area contributed by atoms with E-state index in [9.17, 15) is 9.18 Å². The molecule has 92 valence electrons. The summed E-state index contributed by atoms with van der Waals surface area (Å²) < 4.78 is 19.2. The summed E-state index contributed by atoms with van der Waals surface area (Å²) in [5.41, 5.74) is 0.0327. The Morgan fingerprint density at radius 3 is 2.82 bits per heavy atom. The van der Waals surface area contributed by atoms with Gasteiger partial charge in [-0.3, -0.25) is 4.79 Å². The van der Waals surface area contributed by atoms with Gasteiger partial charge in [-0.25, -0.2) is 4.39 Å². The molecule has 0 heterocycles. The van der Waals surface area contributed by atoms with Crippen molar-refractivity contribution in [2.24, 2.45) is 5.92 Å². The van der Waals surface area contributed by atoms with Crippen LogP contribution < -0.4 is 4.74 Å². The van der Waals surface area contributed by atoms with Gasteiger partial charge in [0.1, 0.15) is 17.7 Å². The predicted octanol–water partition coefficient (Wildman–Crippen LogP) is 3.60. The summed E-state index contributed by atoms with van der Waals surface area (Å²) in [6.45, 7) is 2.14. The summed E-state index contributed by atoms with van der Waals surface area (Å²) in [6, 6.07) is 4.51. The molecule has 17 heavy (non-hydrogen) atoms. The van der Waals surface area contributed by atoms with E-state index in [-0.39, 0.29) is 11.7 Å². The van der Waals surface area contributed by atoms with Crippen LogP contribution in [0.25, 0.3) is 0 Å². The standard InChI is InChI=1S/C14H17FO2/c1-10-5-2-3-7-13(10)17-14-8-4-6-12(15)11(14)9-16/h4,6,8-10,13H,2-3,5,7H2,1H3. The zero-order valence-electron chi connectivity index (χ0n) is 9.99. The minimum Gasteiger partial charge on any atom is -0.489 e. The summed E-state index contributed by atoms with van der Waals surface area (Å²) in [4.78, 5) is 10.9. The zero-order chi connectivity index (χ0) is 12.3. The maximum Gasteiger partial charge on any atom is 0.156 e. The van der Waals surface area contributed by atoms with Gasteiger partial charge in [0.25, 0.3) is 0 Å². The van der Waals surface area contributed by atoms with Gasteiger partial charge in [0, 0.05) is 0 Å². The molecule has 1 saturated carbocycles. The van der Waals surface area contributed by atoms with Gasteiger partial charge in [-0.05, 0) is 37.3 Å². The molecule has 2 atom stereocenters. The Bertz CT molecular complexity index is 403. The number of hydrogen-bond acceptors (Lipinski definition) is 2. The van der Waals surface area contributed by atoms with Gasteiger partial charge >= 0.3 is 0 Å². The largest absolute Gasteiger partial charge is 0.489 e. The first-order valence-electron chi connectivity index (χ1n) is 6.12. The number of carbonyl (C=O) groups excluding carboxylic acids is 1. The Hall–Kier alpha value is -1.38.